The van der Waals surface area contributed by atoms with Gasteiger partial charge >= 0.3 is 0 Å². The molecule has 2 heteroatoms. The minimum Gasteiger partial charge on any atom is -0.306 e. The molecule has 20 heavy (non-hydrogen) atoms. The molecule has 1 unspecified atom stereocenters. The molecule has 106 valence electrons. The van der Waals surface area contributed by atoms with Crippen molar-refractivity contribution >= 4 is 11.6 Å². The summed E-state index contributed by atoms with van der Waals surface area (Å²) < 4.78 is 0. The molecule has 2 rings (SSSR count). The van der Waals surface area contributed by atoms with Gasteiger partial charge in [0.25, 0.3) is 0 Å². The van der Waals surface area contributed by atoms with Gasteiger partial charge in [0.1, 0.15) is 0 Å². The van der Waals surface area contributed by atoms with E-state index in [2.05, 4.69) is 68.6 Å². The van der Waals surface area contributed by atoms with Crippen LogP contribution in [0.4, 0.5) is 0 Å². The van der Waals surface area contributed by atoms with Crippen LogP contribution in [0.1, 0.15) is 41.6 Å². The summed E-state index contributed by atoms with van der Waals surface area (Å²) in [5.41, 5.74) is 4.83. The van der Waals surface area contributed by atoms with Crippen molar-refractivity contribution in [2.45, 2.75) is 33.2 Å². The second kappa shape index (κ2) is 6.92. The fraction of sp³-hybridized carbons (Fsp3) is 0.333. The van der Waals surface area contributed by atoms with Crippen LogP contribution in [0.25, 0.3) is 0 Å². The van der Waals surface area contributed by atoms with E-state index in [9.17, 15) is 0 Å². The van der Waals surface area contributed by atoms with Crippen molar-refractivity contribution in [2.75, 3.05) is 6.54 Å². The first kappa shape index (κ1) is 15.1. The number of halogens is 1. The molecule has 0 heterocycles. The first-order valence-corrected chi connectivity index (χ1v) is 7.56. The summed E-state index contributed by atoms with van der Waals surface area (Å²) >= 11 is 6.52. The van der Waals surface area contributed by atoms with Crippen LogP contribution in [0.5, 0.6) is 0 Å². The molecule has 0 aliphatic carbocycles. The first-order valence-electron chi connectivity index (χ1n) is 7.18. The van der Waals surface area contributed by atoms with Crippen LogP contribution in [0.15, 0.2) is 42.5 Å². The third-order valence-corrected chi connectivity index (χ3v) is 4.02. The Bertz CT molecular complexity index is 577. The van der Waals surface area contributed by atoms with Crippen LogP contribution in [0, 0.1) is 13.8 Å². The number of nitrogens with one attached hydrogen (secondary N) is 1. The van der Waals surface area contributed by atoms with E-state index in [1.165, 1.54) is 11.1 Å². The van der Waals surface area contributed by atoms with Gasteiger partial charge in [0, 0.05) is 5.02 Å². The molecule has 0 aromatic heterocycles. The molecular weight excluding hydrogens is 266 g/mol. The molecule has 1 nitrogen and oxygen atoms in total. The van der Waals surface area contributed by atoms with Crippen molar-refractivity contribution < 1.29 is 0 Å². The van der Waals surface area contributed by atoms with Gasteiger partial charge in [0.15, 0.2) is 0 Å². The molecule has 0 bridgehead atoms. The monoisotopic (exact) mass is 287 g/mol. The minimum absolute atomic E-state index is 0.155. The Balaban J connectivity index is 2.44. The number of rotatable bonds is 5. The van der Waals surface area contributed by atoms with Gasteiger partial charge in [-0.2, -0.15) is 0 Å². The maximum absolute atomic E-state index is 6.52. The van der Waals surface area contributed by atoms with Gasteiger partial charge in [0.05, 0.1) is 6.04 Å². The SMILES string of the molecule is CCCNC(c1cccc(C)c1)c1cccc(C)c1Cl. The van der Waals surface area contributed by atoms with E-state index < -0.39 is 0 Å². The summed E-state index contributed by atoms with van der Waals surface area (Å²) in [7, 11) is 0. The summed E-state index contributed by atoms with van der Waals surface area (Å²) in [5.74, 6) is 0. The zero-order valence-corrected chi connectivity index (χ0v) is 13.2. The van der Waals surface area contributed by atoms with Gasteiger partial charge in [-0.25, -0.2) is 0 Å². The summed E-state index contributed by atoms with van der Waals surface area (Å²) in [6, 6.07) is 15.0. The van der Waals surface area contributed by atoms with Crippen LogP contribution in [-0.2, 0) is 0 Å². The van der Waals surface area contributed by atoms with Crippen molar-refractivity contribution in [1.82, 2.24) is 5.32 Å². The van der Waals surface area contributed by atoms with Gasteiger partial charge in [-0.1, -0.05) is 66.6 Å². The molecule has 0 saturated heterocycles. The Labute approximate surface area is 127 Å². The van der Waals surface area contributed by atoms with E-state index >= 15 is 0 Å². The lowest BCUT2D eigenvalue weighted by Crippen LogP contribution is -2.23. The van der Waals surface area contributed by atoms with Crippen molar-refractivity contribution in [2.24, 2.45) is 0 Å². The quantitative estimate of drug-likeness (QED) is 0.812. The van der Waals surface area contributed by atoms with Crippen molar-refractivity contribution in [1.29, 1.82) is 0 Å². The summed E-state index contributed by atoms with van der Waals surface area (Å²) in [4.78, 5) is 0. The van der Waals surface area contributed by atoms with Gasteiger partial charge in [-0.05, 0) is 43.5 Å². The lowest BCUT2D eigenvalue weighted by atomic mass is 9.96. The van der Waals surface area contributed by atoms with Crippen LogP contribution in [0.3, 0.4) is 0 Å². The highest BCUT2D eigenvalue weighted by molar-refractivity contribution is 6.32. The molecule has 0 saturated carbocycles. The molecule has 1 N–H and O–H groups in total. The first-order chi connectivity index (χ1) is 9.63. The van der Waals surface area contributed by atoms with Crippen molar-refractivity contribution in [3.63, 3.8) is 0 Å². The molecule has 0 radical (unpaired) electrons. The number of benzene rings is 2. The van der Waals surface area contributed by atoms with Gasteiger partial charge < -0.3 is 5.32 Å². The molecule has 1 atom stereocenters. The minimum atomic E-state index is 0.155. The van der Waals surface area contributed by atoms with Crippen LogP contribution in [0.2, 0.25) is 5.02 Å². The summed E-state index contributed by atoms with van der Waals surface area (Å²) in [6.45, 7) is 7.33. The third-order valence-electron chi connectivity index (χ3n) is 3.51. The van der Waals surface area contributed by atoms with Crippen LogP contribution in [-0.4, -0.2) is 6.54 Å². The molecular formula is C18H22ClN. The van der Waals surface area contributed by atoms with Crippen molar-refractivity contribution in [3.8, 4) is 0 Å². The van der Waals surface area contributed by atoms with E-state index in [1.807, 2.05) is 0 Å². The highest BCUT2D eigenvalue weighted by atomic mass is 35.5. The van der Waals surface area contributed by atoms with Crippen LogP contribution >= 0.6 is 11.6 Å². The maximum atomic E-state index is 6.52. The van der Waals surface area contributed by atoms with Crippen molar-refractivity contribution in [3.05, 3.63) is 69.7 Å². The molecule has 0 aliphatic heterocycles. The van der Waals surface area contributed by atoms with E-state index in [0.29, 0.717) is 0 Å². The molecule has 0 fully saturated rings. The van der Waals surface area contributed by atoms with E-state index in [0.717, 1.165) is 29.1 Å². The number of hydrogen-bond donors (Lipinski definition) is 1. The van der Waals surface area contributed by atoms with Crippen LogP contribution < -0.4 is 5.32 Å². The Morgan fingerprint density at radius 3 is 2.55 bits per heavy atom. The molecule has 0 amide bonds. The average Bonchev–Trinajstić information content (AvgIpc) is 2.44. The molecule has 2 aromatic carbocycles. The Kier molecular flexibility index (Phi) is 5.22. The zero-order valence-electron chi connectivity index (χ0n) is 12.4. The highest BCUT2D eigenvalue weighted by Gasteiger charge is 2.17. The Hall–Kier alpha value is -1.31. The van der Waals surface area contributed by atoms with E-state index in [1.54, 1.807) is 0 Å². The third kappa shape index (κ3) is 3.41. The predicted octanol–water partition coefficient (Wildman–Crippen LogP) is 5.05. The second-order valence-corrected chi connectivity index (χ2v) is 5.66. The van der Waals surface area contributed by atoms with E-state index in [4.69, 9.17) is 11.6 Å². The van der Waals surface area contributed by atoms with E-state index in [-0.39, 0.29) is 6.04 Å². The normalized spacial score (nSPS) is 12.4. The Morgan fingerprint density at radius 2 is 1.85 bits per heavy atom. The Morgan fingerprint density at radius 1 is 1.10 bits per heavy atom. The largest absolute Gasteiger partial charge is 0.306 e. The summed E-state index contributed by atoms with van der Waals surface area (Å²) in [6.07, 6.45) is 1.10. The summed E-state index contributed by atoms with van der Waals surface area (Å²) in [5, 5.41) is 4.48. The number of aryl methyl sites for hydroxylation is 2. The fourth-order valence-electron chi connectivity index (χ4n) is 2.44. The van der Waals surface area contributed by atoms with Gasteiger partial charge in [-0.15, -0.1) is 0 Å². The highest BCUT2D eigenvalue weighted by Crippen LogP contribution is 2.30. The standard InChI is InChI=1S/C18H22ClN/c1-4-11-20-18(15-9-5-7-13(2)12-15)16-10-6-8-14(3)17(16)19/h5-10,12,18,20H,4,11H2,1-3H3. The fourth-order valence-corrected chi connectivity index (χ4v) is 2.67. The average molecular weight is 288 g/mol. The molecule has 2 aromatic rings. The predicted molar refractivity (Wildman–Crippen MR) is 87.5 cm³/mol. The topological polar surface area (TPSA) is 12.0 Å². The molecule has 0 aliphatic rings. The lowest BCUT2D eigenvalue weighted by Gasteiger charge is -2.22. The zero-order chi connectivity index (χ0) is 14.5. The lowest BCUT2D eigenvalue weighted by molar-refractivity contribution is 0.598. The van der Waals surface area contributed by atoms with Gasteiger partial charge in [-0.3, -0.25) is 0 Å². The second-order valence-electron chi connectivity index (χ2n) is 5.28. The van der Waals surface area contributed by atoms with Gasteiger partial charge in [0.2, 0.25) is 0 Å². The molecule has 0 spiro atoms. The maximum Gasteiger partial charge on any atom is 0.0591 e. The smallest absolute Gasteiger partial charge is 0.0591 e. The number of hydrogen-bond acceptors (Lipinski definition) is 1.